The molecule has 5 nitrogen and oxygen atoms in total. The summed E-state index contributed by atoms with van der Waals surface area (Å²) in [5, 5.41) is 9.98. The van der Waals surface area contributed by atoms with Crippen molar-refractivity contribution in [2.45, 2.75) is 0 Å². The van der Waals surface area contributed by atoms with Crippen molar-refractivity contribution in [1.29, 1.82) is 0 Å². The lowest BCUT2D eigenvalue weighted by atomic mass is 10.4. The first-order chi connectivity index (χ1) is 5.11. The Balaban J connectivity index is 3.31. The summed E-state index contributed by atoms with van der Waals surface area (Å²) < 4.78 is 12.4. The van der Waals surface area contributed by atoms with Crippen LogP contribution in [0.15, 0.2) is 17.1 Å². The quantitative estimate of drug-likeness (QED) is 0.475. The third-order valence-electron chi connectivity index (χ3n) is 1.05. The predicted molar refractivity (Wildman–Crippen MR) is 33.7 cm³/mol. The number of rotatable bonds is 1. The molecule has 1 N–H and O–H groups in total. The molecule has 6 heteroatoms. The first kappa shape index (κ1) is 7.39. The molecule has 0 unspecified atom stereocenters. The summed E-state index contributed by atoms with van der Waals surface area (Å²) in [4.78, 5) is 21.4. The SMILES string of the molecule is O=c1cc(F)c([N+](=O)[O-])c[nH]1. The minimum atomic E-state index is -1.13. The van der Waals surface area contributed by atoms with Crippen LogP contribution in [0.4, 0.5) is 10.1 Å². The van der Waals surface area contributed by atoms with Gasteiger partial charge in [0, 0.05) is 6.07 Å². The summed E-state index contributed by atoms with van der Waals surface area (Å²) in [6, 6.07) is 0.526. The molecule has 0 fully saturated rings. The van der Waals surface area contributed by atoms with Gasteiger partial charge in [-0.05, 0) is 0 Å². The second-order valence-electron chi connectivity index (χ2n) is 1.79. The highest BCUT2D eigenvalue weighted by Crippen LogP contribution is 2.10. The molecule has 0 saturated carbocycles. The molecule has 0 aromatic carbocycles. The van der Waals surface area contributed by atoms with Gasteiger partial charge in [0.25, 0.3) is 5.56 Å². The number of nitro groups is 1. The summed E-state index contributed by atoms with van der Waals surface area (Å²) >= 11 is 0. The monoisotopic (exact) mass is 158 g/mol. The molecule has 1 heterocycles. The van der Waals surface area contributed by atoms with Gasteiger partial charge in [0.1, 0.15) is 0 Å². The van der Waals surface area contributed by atoms with E-state index in [-0.39, 0.29) is 0 Å². The van der Waals surface area contributed by atoms with Crippen molar-refractivity contribution in [3.63, 3.8) is 0 Å². The summed E-state index contributed by atoms with van der Waals surface area (Å²) in [7, 11) is 0. The van der Waals surface area contributed by atoms with Gasteiger partial charge in [-0.2, -0.15) is 4.39 Å². The Labute approximate surface area is 59.6 Å². The van der Waals surface area contributed by atoms with Crippen LogP contribution in [0.25, 0.3) is 0 Å². The van der Waals surface area contributed by atoms with Gasteiger partial charge in [-0.25, -0.2) is 0 Å². The van der Waals surface area contributed by atoms with Crippen LogP contribution in [0.3, 0.4) is 0 Å². The van der Waals surface area contributed by atoms with Gasteiger partial charge < -0.3 is 4.98 Å². The van der Waals surface area contributed by atoms with Crippen LogP contribution in [0.2, 0.25) is 0 Å². The molecule has 0 aliphatic rings. The molecule has 0 amide bonds. The second kappa shape index (κ2) is 2.49. The third kappa shape index (κ3) is 1.40. The van der Waals surface area contributed by atoms with E-state index >= 15 is 0 Å². The lowest BCUT2D eigenvalue weighted by Gasteiger charge is -1.89. The molecule has 0 aliphatic heterocycles. The van der Waals surface area contributed by atoms with E-state index < -0.39 is 22.0 Å². The normalized spacial score (nSPS) is 9.55. The lowest BCUT2D eigenvalue weighted by Crippen LogP contribution is -2.06. The zero-order valence-electron chi connectivity index (χ0n) is 5.20. The van der Waals surface area contributed by atoms with Crippen molar-refractivity contribution in [3.05, 3.63) is 38.5 Å². The Morgan fingerprint density at radius 2 is 2.27 bits per heavy atom. The van der Waals surface area contributed by atoms with E-state index in [1.807, 2.05) is 4.98 Å². The second-order valence-corrected chi connectivity index (χ2v) is 1.79. The van der Waals surface area contributed by atoms with Crippen molar-refractivity contribution >= 4 is 5.69 Å². The van der Waals surface area contributed by atoms with Gasteiger partial charge in [0.2, 0.25) is 5.82 Å². The highest BCUT2D eigenvalue weighted by Gasteiger charge is 2.12. The Morgan fingerprint density at radius 1 is 1.64 bits per heavy atom. The Hall–Kier alpha value is -1.72. The number of nitrogens with one attached hydrogen (secondary N) is 1. The Bertz CT molecular complexity index is 346. The molecule has 58 valence electrons. The summed E-state index contributed by atoms with van der Waals surface area (Å²) in [5.41, 5.74) is -1.43. The molecule has 11 heavy (non-hydrogen) atoms. The van der Waals surface area contributed by atoms with E-state index in [4.69, 9.17) is 0 Å². The molecular formula is C5H3FN2O3. The number of pyridine rings is 1. The number of hydrogen-bond donors (Lipinski definition) is 1. The van der Waals surface area contributed by atoms with Crippen LogP contribution in [-0.4, -0.2) is 9.91 Å². The fourth-order valence-corrected chi connectivity index (χ4v) is 0.579. The van der Waals surface area contributed by atoms with Crippen LogP contribution >= 0.6 is 0 Å². The van der Waals surface area contributed by atoms with E-state index in [0.717, 1.165) is 6.20 Å². The van der Waals surface area contributed by atoms with Crippen molar-refractivity contribution < 1.29 is 9.31 Å². The zero-order chi connectivity index (χ0) is 8.43. The van der Waals surface area contributed by atoms with Crippen LogP contribution in [-0.2, 0) is 0 Å². The summed E-state index contributed by atoms with van der Waals surface area (Å²) in [5.74, 6) is -1.13. The van der Waals surface area contributed by atoms with Crippen LogP contribution in [0.5, 0.6) is 0 Å². The third-order valence-corrected chi connectivity index (χ3v) is 1.05. The van der Waals surface area contributed by atoms with E-state index in [9.17, 15) is 19.3 Å². The molecule has 0 saturated heterocycles. The van der Waals surface area contributed by atoms with Gasteiger partial charge in [-0.15, -0.1) is 0 Å². The highest BCUT2D eigenvalue weighted by atomic mass is 19.1. The topological polar surface area (TPSA) is 76.0 Å². The van der Waals surface area contributed by atoms with Gasteiger partial charge in [-0.3, -0.25) is 14.9 Å². The molecule has 0 atom stereocenters. The minimum absolute atomic E-state index is 0.526. The van der Waals surface area contributed by atoms with E-state index in [1.165, 1.54) is 0 Å². The van der Waals surface area contributed by atoms with Crippen molar-refractivity contribution in [2.24, 2.45) is 0 Å². The first-order valence-electron chi connectivity index (χ1n) is 2.64. The van der Waals surface area contributed by atoms with Gasteiger partial charge in [-0.1, -0.05) is 0 Å². The Morgan fingerprint density at radius 3 is 2.73 bits per heavy atom. The van der Waals surface area contributed by atoms with Crippen LogP contribution in [0, 0.1) is 15.9 Å². The molecule has 0 aliphatic carbocycles. The number of halogens is 1. The number of nitrogens with zero attached hydrogens (tertiary/aromatic N) is 1. The Kier molecular flexibility index (Phi) is 1.67. The summed E-state index contributed by atoms with van der Waals surface area (Å²) in [6.07, 6.45) is 0.720. The molecular weight excluding hydrogens is 155 g/mol. The van der Waals surface area contributed by atoms with E-state index in [1.54, 1.807) is 0 Å². The number of hydrogen-bond acceptors (Lipinski definition) is 3. The van der Waals surface area contributed by atoms with Gasteiger partial charge in [0.05, 0.1) is 11.1 Å². The fourth-order valence-electron chi connectivity index (χ4n) is 0.579. The molecule has 0 radical (unpaired) electrons. The maximum absolute atomic E-state index is 12.4. The maximum Gasteiger partial charge on any atom is 0.320 e. The van der Waals surface area contributed by atoms with Crippen molar-refractivity contribution in [3.8, 4) is 0 Å². The number of aromatic amines is 1. The van der Waals surface area contributed by atoms with Crippen molar-refractivity contribution in [2.75, 3.05) is 0 Å². The first-order valence-corrected chi connectivity index (χ1v) is 2.64. The van der Waals surface area contributed by atoms with Gasteiger partial charge in [0.15, 0.2) is 0 Å². The average Bonchev–Trinajstić information content (AvgIpc) is 1.85. The van der Waals surface area contributed by atoms with Gasteiger partial charge >= 0.3 is 5.69 Å². The van der Waals surface area contributed by atoms with Crippen LogP contribution in [0.1, 0.15) is 0 Å². The van der Waals surface area contributed by atoms with Crippen LogP contribution < -0.4 is 5.56 Å². The minimum Gasteiger partial charge on any atom is -0.323 e. The average molecular weight is 158 g/mol. The largest absolute Gasteiger partial charge is 0.323 e. The number of aromatic nitrogens is 1. The fraction of sp³-hybridized carbons (Fsp3) is 0. The molecule has 1 aromatic heterocycles. The summed E-state index contributed by atoms with van der Waals surface area (Å²) in [6.45, 7) is 0. The van der Waals surface area contributed by atoms with Crippen molar-refractivity contribution in [1.82, 2.24) is 4.98 Å². The molecule has 0 bridgehead atoms. The standard InChI is InChI=1S/C5H3FN2O3/c6-3-1-5(9)7-2-4(3)8(10)11/h1-2H,(H,7,9). The maximum atomic E-state index is 12.4. The molecule has 1 aromatic rings. The molecule has 0 spiro atoms. The number of H-pyrrole nitrogens is 1. The van der Waals surface area contributed by atoms with E-state index in [2.05, 4.69) is 0 Å². The smallest absolute Gasteiger partial charge is 0.320 e. The highest BCUT2D eigenvalue weighted by molar-refractivity contribution is 5.26. The van der Waals surface area contributed by atoms with E-state index in [0.29, 0.717) is 6.07 Å². The predicted octanol–water partition coefficient (Wildman–Crippen LogP) is 0.422. The zero-order valence-corrected chi connectivity index (χ0v) is 5.20. The lowest BCUT2D eigenvalue weighted by molar-refractivity contribution is -0.387. The molecule has 1 rings (SSSR count).